The van der Waals surface area contributed by atoms with E-state index in [1.807, 2.05) is 6.07 Å². The van der Waals surface area contributed by atoms with Gasteiger partial charge in [-0.2, -0.15) is 5.10 Å². The number of hydrazone groups is 1. The van der Waals surface area contributed by atoms with Crippen molar-refractivity contribution in [2.24, 2.45) is 5.10 Å². The summed E-state index contributed by atoms with van der Waals surface area (Å²) in [4.78, 5) is 22.9. The predicted molar refractivity (Wildman–Crippen MR) is 87.7 cm³/mol. The van der Waals surface area contributed by atoms with Gasteiger partial charge in [-0.3, -0.25) is 14.9 Å². The van der Waals surface area contributed by atoms with Crippen LogP contribution in [0.5, 0.6) is 11.5 Å². The van der Waals surface area contributed by atoms with Crippen LogP contribution in [-0.2, 0) is 4.79 Å². The molecule has 1 aromatic heterocycles. The van der Waals surface area contributed by atoms with E-state index in [0.717, 1.165) is 0 Å². The number of nitrogens with zero attached hydrogens (tertiary/aromatic N) is 2. The van der Waals surface area contributed by atoms with E-state index in [9.17, 15) is 14.9 Å². The Bertz CT molecular complexity index is 817. The third kappa shape index (κ3) is 3.35. The molecule has 1 atom stereocenters. The van der Waals surface area contributed by atoms with Gasteiger partial charge in [-0.1, -0.05) is 12.1 Å². The lowest BCUT2D eigenvalue weighted by Gasteiger charge is -2.24. The van der Waals surface area contributed by atoms with E-state index in [1.165, 1.54) is 22.8 Å². The zero-order chi connectivity index (χ0) is 17.1. The zero-order valence-electron chi connectivity index (χ0n) is 12.6. The lowest BCUT2D eigenvalue weighted by molar-refractivity contribution is -0.384. The predicted octanol–water partition coefficient (Wildman–Crippen LogP) is 2.34. The summed E-state index contributed by atoms with van der Waals surface area (Å²) in [5.74, 6) is 0.639. The molecule has 0 saturated carbocycles. The van der Waals surface area contributed by atoms with Gasteiger partial charge in [-0.15, -0.1) is 11.3 Å². The highest BCUT2D eigenvalue weighted by Gasteiger charge is 2.27. The second-order valence-corrected chi connectivity index (χ2v) is 5.87. The molecule has 0 bridgehead atoms. The SMILES string of the molecule is C/C(=N\NC(=O)C1COc2ccccc2O1)c1cc([N+](=O)[O-])cs1. The number of carbonyl (C=O) groups is 1. The number of ether oxygens (including phenoxy) is 2. The minimum Gasteiger partial charge on any atom is -0.485 e. The molecule has 24 heavy (non-hydrogen) atoms. The lowest BCUT2D eigenvalue weighted by Crippen LogP contribution is -2.42. The van der Waals surface area contributed by atoms with E-state index < -0.39 is 16.9 Å². The van der Waals surface area contributed by atoms with Crippen LogP contribution in [0.2, 0.25) is 0 Å². The van der Waals surface area contributed by atoms with Crippen molar-refractivity contribution in [2.45, 2.75) is 13.0 Å². The molecule has 0 saturated heterocycles. The van der Waals surface area contributed by atoms with Gasteiger partial charge in [0.05, 0.1) is 20.9 Å². The average molecular weight is 347 g/mol. The van der Waals surface area contributed by atoms with Crippen molar-refractivity contribution in [3.63, 3.8) is 0 Å². The second kappa shape index (κ2) is 6.67. The molecule has 2 aromatic rings. The van der Waals surface area contributed by atoms with E-state index in [2.05, 4.69) is 10.5 Å². The monoisotopic (exact) mass is 347 g/mol. The van der Waals surface area contributed by atoms with Gasteiger partial charge in [0.15, 0.2) is 11.5 Å². The molecule has 0 radical (unpaired) electrons. The number of benzene rings is 1. The quantitative estimate of drug-likeness (QED) is 0.519. The summed E-state index contributed by atoms with van der Waals surface area (Å²) in [6.45, 7) is 1.74. The molecule has 2 heterocycles. The first-order valence-electron chi connectivity index (χ1n) is 7.00. The fourth-order valence-corrected chi connectivity index (χ4v) is 2.83. The van der Waals surface area contributed by atoms with E-state index >= 15 is 0 Å². The Hall–Kier alpha value is -2.94. The summed E-state index contributed by atoms with van der Waals surface area (Å²) < 4.78 is 11.0. The molecule has 1 unspecified atom stereocenters. The highest BCUT2D eigenvalue weighted by atomic mass is 32.1. The normalized spacial score (nSPS) is 16.5. The Balaban J connectivity index is 1.63. The van der Waals surface area contributed by atoms with Crippen LogP contribution in [0.3, 0.4) is 0 Å². The zero-order valence-corrected chi connectivity index (χ0v) is 13.4. The summed E-state index contributed by atoms with van der Waals surface area (Å²) in [5.41, 5.74) is 2.87. The van der Waals surface area contributed by atoms with E-state index in [4.69, 9.17) is 9.47 Å². The molecule has 1 aromatic carbocycles. The maximum absolute atomic E-state index is 12.1. The van der Waals surface area contributed by atoms with Crippen LogP contribution in [0.4, 0.5) is 5.69 Å². The number of rotatable bonds is 4. The number of fused-ring (bicyclic) bond motifs is 1. The molecule has 124 valence electrons. The maximum atomic E-state index is 12.1. The molecular weight excluding hydrogens is 334 g/mol. The van der Waals surface area contributed by atoms with Crippen LogP contribution in [0.15, 0.2) is 40.8 Å². The number of para-hydroxylation sites is 2. The molecule has 8 nitrogen and oxygen atoms in total. The van der Waals surface area contributed by atoms with Crippen molar-refractivity contribution in [3.8, 4) is 11.5 Å². The topological polar surface area (TPSA) is 103 Å². The Labute approximate surface area is 140 Å². The lowest BCUT2D eigenvalue weighted by atomic mass is 10.2. The van der Waals surface area contributed by atoms with Crippen LogP contribution in [0, 0.1) is 10.1 Å². The van der Waals surface area contributed by atoms with Crippen molar-refractivity contribution in [1.82, 2.24) is 5.43 Å². The smallest absolute Gasteiger partial charge is 0.284 e. The highest BCUT2D eigenvalue weighted by molar-refractivity contribution is 7.12. The van der Waals surface area contributed by atoms with Crippen LogP contribution >= 0.6 is 11.3 Å². The number of amides is 1. The van der Waals surface area contributed by atoms with Gasteiger partial charge in [-0.25, -0.2) is 5.43 Å². The molecule has 1 N–H and O–H groups in total. The average Bonchev–Trinajstić information content (AvgIpc) is 3.09. The van der Waals surface area contributed by atoms with Crippen LogP contribution in [0.25, 0.3) is 0 Å². The number of thiophene rings is 1. The Kier molecular flexibility index (Phi) is 4.43. The minimum absolute atomic E-state index is 0.00324. The number of nitro groups is 1. The second-order valence-electron chi connectivity index (χ2n) is 4.96. The molecule has 1 aliphatic heterocycles. The Morgan fingerprint density at radius 2 is 2.17 bits per heavy atom. The number of hydrogen-bond acceptors (Lipinski definition) is 7. The Morgan fingerprint density at radius 3 is 2.88 bits per heavy atom. The van der Waals surface area contributed by atoms with Crippen molar-refractivity contribution in [1.29, 1.82) is 0 Å². The fourth-order valence-electron chi connectivity index (χ4n) is 2.03. The van der Waals surface area contributed by atoms with Gasteiger partial charge in [0, 0.05) is 6.07 Å². The number of carbonyl (C=O) groups excluding carboxylic acids is 1. The number of nitrogens with one attached hydrogen (secondary N) is 1. The standard InChI is InChI=1S/C15H13N3O5S/c1-9(14-6-10(8-24-14)18(20)21)16-17-15(19)13-7-22-11-4-2-3-5-12(11)23-13/h2-6,8,13H,7H2,1H3,(H,17,19)/b16-9+. The first kappa shape index (κ1) is 15.9. The largest absolute Gasteiger partial charge is 0.485 e. The van der Waals surface area contributed by atoms with Gasteiger partial charge in [0.1, 0.15) is 6.61 Å². The summed E-state index contributed by atoms with van der Waals surface area (Å²) >= 11 is 1.18. The molecule has 1 aliphatic rings. The van der Waals surface area contributed by atoms with Crippen LogP contribution < -0.4 is 14.9 Å². The third-order valence-corrected chi connectivity index (χ3v) is 4.31. The van der Waals surface area contributed by atoms with Crippen LogP contribution in [0.1, 0.15) is 11.8 Å². The molecule has 0 spiro atoms. The first-order chi connectivity index (χ1) is 11.5. The van der Waals surface area contributed by atoms with Gasteiger partial charge in [0.25, 0.3) is 11.6 Å². The first-order valence-corrected chi connectivity index (χ1v) is 7.88. The Morgan fingerprint density at radius 1 is 1.42 bits per heavy atom. The van der Waals surface area contributed by atoms with Gasteiger partial charge < -0.3 is 9.47 Å². The fraction of sp³-hybridized carbons (Fsp3) is 0.200. The summed E-state index contributed by atoms with van der Waals surface area (Å²) in [5, 5.41) is 16.1. The highest BCUT2D eigenvalue weighted by Crippen LogP contribution is 2.30. The van der Waals surface area contributed by atoms with Gasteiger partial charge in [0.2, 0.25) is 6.10 Å². The molecule has 0 fully saturated rings. The van der Waals surface area contributed by atoms with E-state index in [0.29, 0.717) is 22.1 Å². The summed E-state index contributed by atoms with van der Waals surface area (Å²) in [6, 6.07) is 8.49. The van der Waals surface area contributed by atoms with Crippen molar-refractivity contribution >= 4 is 28.6 Å². The van der Waals surface area contributed by atoms with E-state index in [1.54, 1.807) is 25.1 Å². The number of hydrogen-bond donors (Lipinski definition) is 1. The summed E-state index contributed by atoms with van der Waals surface area (Å²) in [7, 11) is 0. The van der Waals surface area contributed by atoms with Crippen molar-refractivity contribution in [3.05, 3.63) is 50.7 Å². The van der Waals surface area contributed by atoms with Gasteiger partial charge in [-0.05, 0) is 19.1 Å². The van der Waals surface area contributed by atoms with Gasteiger partial charge >= 0.3 is 0 Å². The van der Waals surface area contributed by atoms with Crippen molar-refractivity contribution < 1.29 is 19.2 Å². The van der Waals surface area contributed by atoms with Crippen LogP contribution in [-0.4, -0.2) is 29.3 Å². The molecule has 1 amide bonds. The van der Waals surface area contributed by atoms with E-state index in [-0.39, 0.29) is 12.3 Å². The van der Waals surface area contributed by atoms with Crippen molar-refractivity contribution in [2.75, 3.05) is 6.61 Å². The molecule has 0 aliphatic carbocycles. The molecule has 9 heteroatoms. The maximum Gasteiger partial charge on any atom is 0.284 e. The minimum atomic E-state index is -0.811. The third-order valence-electron chi connectivity index (χ3n) is 3.29. The molecule has 3 rings (SSSR count). The molecular formula is C15H13N3O5S. The summed E-state index contributed by atoms with van der Waals surface area (Å²) in [6.07, 6.45) is -0.811.